The molecule has 0 saturated carbocycles. The number of unbranched alkanes of at least 4 members (excludes halogenated alkanes) is 6. The van der Waals surface area contributed by atoms with Gasteiger partial charge < -0.3 is 9.80 Å². The smallest absolute Gasteiger partial charge is 0.341 e. The molecule has 0 aromatic heterocycles. The maximum absolute atomic E-state index is 12.3. The first-order chi connectivity index (χ1) is 11.6. The zero-order valence-electron chi connectivity index (χ0n) is 15.6. The van der Waals surface area contributed by atoms with Crippen molar-refractivity contribution < 1.29 is 13.7 Å². The van der Waals surface area contributed by atoms with Gasteiger partial charge in [0.05, 0.1) is 0 Å². The van der Waals surface area contributed by atoms with Crippen molar-refractivity contribution in [3.05, 3.63) is 0 Å². The van der Waals surface area contributed by atoms with Gasteiger partial charge in [-0.05, 0) is 12.8 Å². The summed E-state index contributed by atoms with van der Waals surface area (Å²) in [7, 11) is -2.30. The first-order valence-corrected chi connectivity index (χ1v) is 10.7. The summed E-state index contributed by atoms with van der Waals surface area (Å²) in [6.45, 7) is 8.03. The third-order valence-corrected chi connectivity index (χ3v) is 5.50. The van der Waals surface area contributed by atoms with Gasteiger partial charge in [-0.3, -0.25) is 4.52 Å². The Morgan fingerprint density at radius 2 is 1.50 bits per heavy atom. The minimum atomic E-state index is -3.61. The van der Waals surface area contributed by atoms with Crippen LogP contribution in [0.4, 0.5) is 0 Å². The predicted octanol–water partition coefficient (Wildman–Crippen LogP) is 3.77. The van der Waals surface area contributed by atoms with Gasteiger partial charge in [0.25, 0.3) is 0 Å². The van der Waals surface area contributed by atoms with Gasteiger partial charge >= 0.3 is 7.75 Å². The number of hydrogen-bond acceptors (Lipinski definition) is 4. The molecule has 1 saturated heterocycles. The molecule has 1 unspecified atom stereocenters. The van der Waals surface area contributed by atoms with Crippen molar-refractivity contribution in [3.8, 4) is 0 Å². The van der Waals surface area contributed by atoms with Gasteiger partial charge in [-0.15, -0.1) is 4.76 Å². The van der Waals surface area contributed by atoms with E-state index in [1.165, 1.54) is 45.6 Å². The highest BCUT2D eigenvalue weighted by molar-refractivity contribution is 7.52. The molecule has 0 aromatic rings. The molecule has 8 heteroatoms. The lowest BCUT2D eigenvalue weighted by Gasteiger charge is -2.24. The van der Waals surface area contributed by atoms with Gasteiger partial charge in [0.15, 0.2) is 0 Å². The summed E-state index contributed by atoms with van der Waals surface area (Å²) in [4.78, 5) is 4.36. The van der Waals surface area contributed by atoms with E-state index >= 15 is 0 Å². The van der Waals surface area contributed by atoms with Crippen LogP contribution in [0.15, 0.2) is 4.76 Å². The lowest BCUT2D eigenvalue weighted by Crippen LogP contribution is -2.35. The number of rotatable bonds is 13. The summed E-state index contributed by atoms with van der Waals surface area (Å²) in [5.74, 6) is 5.84. The average molecular weight is 362 g/mol. The summed E-state index contributed by atoms with van der Waals surface area (Å²) in [6, 6.07) is 0. The molecule has 0 aliphatic carbocycles. The zero-order valence-corrected chi connectivity index (χ0v) is 16.5. The summed E-state index contributed by atoms with van der Waals surface area (Å²) in [6.07, 6.45) is 9.52. The molecule has 0 radical (unpaired) electrons. The van der Waals surface area contributed by atoms with Crippen LogP contribution in [0, 0.1) is 0 Å². The van der Waals surface area contributed by atoms with Crippen LogP contribution >= 0.6 is 7.75 Å². The molecule has 7 nitrogen and oxygen atoms in total. The number of nitrogens with two attached hydrogens (primary N) is 1. The van der Waals surface area contributed by atoms with Crippen LogP contribution in [-0.4, -0.2) is 49.0 Å². The van der Waals surface area contributed by atoms with Gasteiger partial charge in [-0.1, -0.05) is 52.4 Å². The van der Waals surface area contributed by atoms with Crippen molar-refractivity contribution in [3.63, 3.8) is 0 Å². The van der Waals surface area contributed by atoms with Crippen LogP contribution in [-0.2, 0) is 13.7 Å². The lowest BCUT2D eigenvalue weighted by molar-refractivity contribution is 0.239. The molecule has 142 valence electrons. The molecule has 1 aliphatic rings. The SMILES string of the molecule is CCCCCCN1CCN(CCCCCC)C1=NP(=O)(OC)ON. The Balaban J connectivity index is 2.72. The fraction of sp³-hybridized carbons (Fsp3) is 0.938. The topological polar surface area (TPSA) is 80.4 Å². The van der Waals surface area contributed by atoms with Gasteiger partial charge in [-0.2, -0.15) is 0 Å². The molecule has 0 bridgehead atoms. The van der Waals surface area contributed by atoms with Gasteiger partial charge in [0.1, 0.15) is 0 Å². The quantitative estimate of drug-likeness (QED) is 0.305. The van der Waals surface area contributed by atoms with E-state index in [0.29, 0.717) is 5.96 Å². The lowest BCUT2D eigenvalue weighted by atomic mass is 10.2. The second-order valence-electron chi connectivity index (χ2n) is 6.25. The third kappa shape index (κ3) is 7.09. The molecular formula is C16H35N4O3P. The van der Waals surface area contributed by atoms with Gasteiger partial charge in [-0.25, -0.2) is 15.1 Å². The Hall–Kier alpha value is -0.620. The highest BCUT2D eigenvalue weighted by Gasteiger charge is 2.31. The van der Waals surface area contributed by atoms with E-state index in [1.807, 2.05) is 0 Å². The van der Waals surface area contributed by atoms with Crippen molar-refractivity contribution in [2.75, 3.05) is 33.3 Å². The summed E-state index contributed by atoms with van der Waals surface area (Å²) >= 11 is 0. The third-order valence-electron chi connectivity index (χ3n) is 4.34. The van der Waals surface area contributed by atoms with E-state index in [-0.39, 0.29) is 0 Å². The van der Waals surface area contributed by atoms with Crippen LogP contribution in [0.25, 0.3) is 0 Å². The van der Waals surface area contributed by atoms with Gasteiger partial charge in [0.2, 0.25) is 5.96 Å². The largest absolute Gasteiger partial charge is 0.473 e. The fourth-order valence-electron chi connectivity index (χ4n) is 2.87. The first-order valence-electron chi connectivity index (χ1n) is 9.24. The molecule has 1 atom stereocenters. The zero-order chi connectivity index (χ0) is 17.8. The maximum atomic E-state index is 12.3. The molecule has 0 amide bonds. The molecule has 2 N–H and O–H groups in total. The van der Waals surface area contributed by atoms with Crippen molar-refractivity contribution in [1.82, 2.24) is 9.80 Å². The van der Waals surface area contributed by atoms with E-state index in [1.54, 1.807) is 0 Å². The predicted molar refractivity (Wildman–Crippen MR) is 98.8 cm³/mol. The molecule has 24 heavy (non-hydrogen) atoms. The molecule has 1 fully saturated rings. The molecule has 1 rings (SSSR count). The highest BCUT2D eigenvalue weighted by Crippen LogP contribution is 2.47. The van der Waals surface area contributed by atoms with Crippen molar-refractivity contribution >= 4 is 13.7 Å². The second-order valence-corrected chi connectivity index (χ2v) is 7.97. The molecule has 0 spiro atoms. The number of nitrogens with zero attached hydrogens (tertiary/aromatic N) is 3. The number of hydrogen-bond donors (Lipinski definition) is 1. The fourth-order valence-corrected chi connectivity index (χ4v) is 3.55. The Morgan fingerprint density at radius 1 is 1.00 bits per heavy atom. The Labute approximate surface area is 147 Å². The monoisotopic (exact) mass is 362 g/mol. The van der Waals surface area contributed by atoms with Crippen LogP contribution in [0.1, 0.15) is 65.2 Å². The van der Waals surface area contributed by atoms with Crippen molar-refractivity contribution in [1.29, 1.82) is 0 Å². The Kier molecular flexibility index (Phi) is 10.6. The Bertz CT molecular complexity index is 390. The number of guanidine groups is 1. The van der Waals surface area contributed by atoms with E-state index < -0.39 is 7.75 Å². The summed E-state index contributed by atoms with van der Waals surface area (Å²) in [5, 5.41) is 0. The van der Waals surface area contributed by atoms with Crippen LogP contribution in [0.3, 0.4) is 0 Å². The Morgan fingerprint density at radius 3 is 1.88 bits per heavy atom. The summed E-state index contributed by atoms with van der Waals surface area (Å²) in [5.41, 5.74) is 0. The van der Waals surface area contributed by atoms with Crippen LogP contribution in [0.5, 0.6) is 0 Å². The van der Waals surface area contributed by atoms with E-state index in [9.17, 15) is 4.57 Å². The normalized spacial score (nSPS) is 17.4. The van der Waals surface area contributed by atoms with Crippen molar-refractivity contribution in [2.45, 2.75) is 65.2 Å². The van der Waals surface area contributed by atoms with Crippen LogP contribution < -0.4 is 5.90 Å². The molecule has 1 heterocycles. The van der Waals surface area contributed by atoms with Crippen molar-refractivity contribution in [2.24, 2.45) is 10.7 Å². The average Bonchev–Trinajstić information content (AvgIpc) is 2.97. The standard InChI is InChI=1S/C16H35N4O3P/c1-4-6-8-10-12-19-14-15-20(13-11-9-7-5-2)16(19)18-24(21,22-3)23-17/h4-15,17H2,1-3H3. The van der Waals surface area contributed by atoms with Gasteiger partial charge in [0, 0.05) is 33.3 Å². The minimum absolute atomic E-state index is 0.707. The second kappa shape index (κ2) is 11.9. The van der Waals surface area contributed by atoms with Crippen LogP contribution in [0.2, 0.25) is 0 Å². The highest BCUT2D eigenvalue weighted by atomic mass is 31.2. The maximum Gasteiger partial charge on any atom is 0.473 e. The molecule has 0 aromatic carbocycles. The first kappa shape index (κ1) is 21.4. The van der Waals surface area contributed by atoms with E-state index in [2.05, 4.69) is 33.0 Å². The van der Waals surface area contributed by atoms with E-state index in [0.717, 1.165) is 39.0 Å². The van der Waals surface area contributed by atoms with E-state index in [4.69, 9.17) is 10.4 Å². The molecule has 1 aliphatic heterocycles. The summed E-state index contributed by atoms with van der Waals surface area (Å²) < 4.78 is 26.0. The minimum Gasteiger partial charge on any atom is -0.341 e. The molecular weight excluding hydrogens is 327 g/mol.